The zero-order valence-corrected chi connectivity index (χ0v) is 6.84. The Morgan fingerprint density at radius 1 is 1.91 bits per heavy atom. The summed E-state index contributed by atoms with van der Waals surface area (Å²) in [6.07, 6.45) is 2.08. The molecule has 1 heterocycles. The van der Waals surface area contributed by atoms with Crippen molar-refractivity contribution in [3.63, 3.8) is 0 Å². The maximum Gasteiger partial charge on any atom is 0.236 e. The smallest absolute Gasteiger partial charge is 0.236 e. The Hall–Kier alpha value is -0.990. The first-order chi connectivity index (χ1) is 5.11. The molecule has 0 aromatic rings. The van der Waals surface area contributed by atoms with Gasteiger partial charge in [0.15, 0.2) is 0 Å². The highest BCUT2D eigenvalue weighted by atomic mass is 16.1. The van der Waals surface area contributed by atoms with Crippen LogP contribution in [-0.4, -0.2) is 23.4 Å². The van der Waals surface area contributed by atoms with Crippen LogP contribution < -0.4 is 5.73 Å². The van der Waals surface area contributed by atoms with Crippen molar-refractivity contribution in [1.29, 1.82) is 0 Å². The van der Waals surface area contributed by atoms with Gasteiger partial charge < -0.3 is 10.6 Å². The van der Waals surface area contributed by atoms with Gasteiger partial charge in [-0.1, -0.05) is 6.58 Å². The van der Waals surface area contributed by atoms with Crippen LogP contribution in [0.4, 0.5) is 0 Å². The summed E-state index contributed by atoms with van der Waals surface area (Å²) in [6.45, 7) is 6.26. The molecule has 0 aliphatic carbocycles. The van der Waals surface area contributed by atoms with Gasteiger partial charge in [0.2, 0.25) is 5.91 Å². The highest BCUT2D eigenvalue weighted by molar-refractivity contribution is 5.76. The van der Waals surface area contributed by atoms with Gasteiger partial charge in [-0.2, -0.15) is 0 Å². The Bertz CT molecular complexity index is 189. The fourth-order valence-corrected chi connectivity index (χ4v) is 1.42. The maximum absolute atomic E-state index is 10.6. The predicted octanol–water partition coefficient (Wildman–Crippen LogP) is 0.470. The van der Waals surface area contributed by atoms with E-state index in [-0.39, 0.29) is 5.91 Å². The Balaban J connectivity index is 2.54. The van der Waals surface area contributed by atoms with Crippen molar-refractivity contribution in [2.75, 3.05) is 6.54 Å². The topological polar surface area (TPSA) is 46.3 Å². The monoisotopic (exact) mass is 154 g/mol. The molecule has 1 fully saturated rings. The summed E-state index contributed by atoms with van der Waals surface area (Å²) in [6, 6.07) is 0.426. The molecule has 3 heteroatoms. The highest BCUT2D eigenvalue weighted by Crippen LogP contribution is 2.24. The molecule has 0 aromatic carbocycles. The molecule has 62 valence electrons. The van der Waals surface area contributed by atoms with E-state index in [0.29, 0.717) is 12.6 Å². The average molecular weight is 154 g/mol. The first-order valence-corrected chi connectivity index (χ1v) is 3.84. The number of nitrogens with zero attached hydrogens (tertiary/aromatic N) is 1. The molecule has 1 amide bonds. The fraction of sp³-hybridized carbons (Fsp3) is 0.625. The van der Waals surface area contributed by atoms with Gasteiger partial charge in [-0.05, 0) is 19.8 Å². The fourth-order valence-electron chi connectivity index (χ4n) is 1.42. The number of hydrogen-bond acceptors (Lipinski definition) is 2. The number of allylic oxidation sites excluding steroid dienone is 1. The second kappa shape index (κ2) is 2.95. The van der Waals surface area contributed by atoms with Gasteiger partial charge in [0.05, 0.1) is 6.54 Å². The first-order valence-electron chi connectivity index (χ1n) is 3.84. The van der Waals surface area contributed by atoms with Crippen molar-refractivity contribution in [3.8, 4) is 0 Å². The van der Waals surface area contributed by atoms with Gasteiger partial charge in [-0.3, -0.25) is 4.79 Å². The van der Waals surface area contributed by atoms with Crippen molar-refractivity contribution in [2.45, 2.75) is 25.8 Å². The minimum absolute atomic E-state index is 0.278. The summed E-state index contributed by atoms with van der Waals surface area (Å²) in [5.74, 6) is -0.278. The Morgan fingerprint density at radius 3 is 2.91 bits per heavy atom. The molecule has 0 aromatic heterocycles. The van der Waals surface area contributed by atoms with Crippen molar-refractivity contribution in [1.82, 2.24) is 4.90 Å². The van der Waals surface area contributed by atoms with E-state index in [9.17, 15) is 4.79 Å². The zero-order valence-electron chi connectivity index (χ0n) is 6.84. The predicted molar refractivity (Wildman–Crippen MR) is 43.7 cm³/mol. The number of rotatable bonds is 2. The summed E-state index contributed by atoms with van der Waals surface area (Å²) in [5, 5.41) is 0. The highest BCUT2D eigenvalue weighted by Gasteiger charge is 2.23. The third-order valence-electron chi connectivity index (χ3n) is 2.12. The molecule has 0 saturated carbocycles. The van der Waals surface area contributed by atoms with E-state index in [0.717, 1.165) is 18.5 Å². The molecule has 1 rings (SSSR count). The van der Waals surface area contributed by atoms with Crippen molar-refractivity contribution >= 4 is 5.91 Å². The molecule has 0 spiro atoms. The van der Waals surface area contributed by atoms with Gasteiger partial charge in [0.25, 0.3) is 0 Å². The number of amides is 1. The van der Waals surface area contributed by atoms with E-state index < -0.39 is 0 Å². The van der Waals surface area contributed by atoms with Crippen molar-refractivity contribution < 1.29 is 4.79 Å². The van der Waals surface area contributed by atoms with Crippen LogP contribution in [0.15, 0.2) is 12.3 Å². The van der Waals surface area contributed by atoms with E-state index in [2.05, 4.69) is 13.5 Å². The molecule has 1 aliphatic heterocycles. The molecular weight excluding hydrogens is 140 g/mol. The third-order valence-corrected chi connectivity index (χ3v) is 2.12. The van der Waals surface area contributed by atoms with Crippen LogP contribution in [0.25, 0.3) is 0 Å². The largest absolute Gasteiger partial charge is 0.368 e. The molecule has 2 N–H and O–H groups in total. The lowest BCUT2D eigenvalue weighted by Gasteiger charge is -2.22. The van der Waals surface area contributed by atoms with E-state index in [1.54, 1.807) is 0 Å². The lowest BCUT2D eigenvalue weighted by molar-refractivity contribution is -0.118. The van der Waals surface area contributed by atoms with Crippen LogP contribution in [0.1, 0.15) is 19.8 Å². The SMILES string of the molecule is C=C1CCC(C)N1CC(N)=O. The summed E-state index contributed by atoms with van der Waals surface area (Å²) in [7, 11) is 0. The Kier molecular flexibility index (Phi) is 2.17. The molecule has 0 radical (unpaired) electrons. The van der Waals surface area contributed by atoms with Gasteiger partial charge in [0, 0.05) is 11.7 Å². The molecule has 3 nitrogen and oxygen atoms in total. The van der Waals surface area contributed by atoms with Crippen LogP contribution in [0, 0.1) is 0 Å². The quantitative estimate of drug-likeness (QED) is 0.628. The maximum atomic E-state index is 10.6. The van der Waals surface area contributed by atoms with Crippen LogP contribution in [-0.2, 0) is 4.79 Å². The number of carbonyl (C=O) groups is 1. The standard InChI is InChI=1S/C8H14N2O/c1-6-3-4-7(2)10(6)5-8(9)11/h7H,1,3-5H2,2H3,(H2,9,11). The van der Waals surface area contributed by atoms with Crippen molar-refractivity contribution in [3.05, 3.63) is 12.3 Å². The minimum atomic E-state index is -0.278. The molecule has 1 aliphatic rings. The van der Waals surface area contributed by atoms with Crippen LogP contribution in [0.5, 0.6) is 0 Å². The third kappa shape index (κ3) is 1.73. The summed E-state index contributed by atoms with van der Waals surface area (Å²) >= 11 is 0. The number of hydrogen-bond donors (Lipinski definition) is 1. The van der Waals surface area contributed by atoms with E-state index in [1.165, 1.54) is 0 Å². The molecule has 11 heavy (non-hydrogen) atoms. The lowest BCUT2D eigenvalue weighted by Crippen LogP contribution is -2.34. The second-order valence-electron chi connectivity index (χ2n) is 3.05. The number of nitrogens with two attached hydrogens (primary N) is 1. The van der Waals surface area contributed by atoms with Gasteiger partial charge >= 0.3 is 0 Å². The molecule has 1 saturated heterocycles. The Morgan fingerprint density at radius 2 is 2.55 bits per heavy atom. The van der Waals surface area contributed by atoms with Gasteiger partial charge in [-0.25, -0.2) is 0 Å². The second-order valence-corrected chi connectivity index (χ2v) is 3.05. The number of likely N-dealkylation sites (tertiary alicyclic amines) is 1. The molecule has 1 unspecified atom stereocenters. The van der Waals surface area contributed by atoms with Gasteiger partial charge in [-0.15, -0.1) is 0 Å². The average Bonchev–Trinajstić information content (AvgIpc) is 2.18. The first kappa shape index (κ1) is 8.11. The summed E-state index contributed by atoms with van der Waals surface area (Å²) in [5.41, 5.74) is 6.11. The van der Waals surface area contributed by atoms with E-state index in [4.69, 9.17) is 5.73 Å². The normalized spacial score (nSPS) is 24.3. The van der Waals surface area contributed by atoms with Gasteiger partial charge in [0.1, 0.15) is 0 Å². The number of primary amides is 1. The molecular formula is C8H14N2O. The molecule has 0 bridgehead atoms. The van der Waals surface area contributed by atoms with Crippen LogP contribution in [0.3, 0.4) is 0 Å². The van der Waals surface area contributed by atoms with Crippen LogP contribution >= 0.6 is 0 Å². The van der Waals surface area contributed by atoms with Crippen molar-refractivity contribution in [2.24, 2.45) is 5.73 Å². The number of carbonyl (C=O) groups excluding carboxylic acids is 1. The summed E-state index contributed by atoms with van der Waals surface area (Å²) in [4.78, 5) is 12.6. The minimum Gasteiger partial charge on any atom is -0.368 e. The molecule has 1 atom stereocenters. The summed E-state index contributed by atoms with van der Waals surface area (Å²) < 4.78 is 0. The lowest BCUT2D eigenvalue weighted by atomic mass is 10.2. The Labute approximate surface area is 66.9 Å². The van der Waals surface area contributed by atoms with Crippen LogP contribution in [0.2, 0.25) is 0 Å². The van der Waals surface area contributed by atoms with E-state index >= 15 is 0 Å². The zero-order chi connectivity index (χ0) is 8.43. The van der Waals surface area contributed by atoms with E-state index in [1.807, 2.05) is 4.90 Å².